The van der Waals surface area contributed by atoms with Crippen molar-refractivity contribution in [1.82, 2.24) is 0 Å². The van der Waals surface area contributed by atoms with Crippen molar-refractivity contribution < 1.29 is 18.3 Å². The van der Waals surface area contributed by atoms with Crippen LogP contribution in [0.4, 0.5) is 5.69 Å². The molecule has 6 nitrogen and oxygen atoms in total. The Hall–Kier alpha value is -2.26. The summed E-state index contributed by atoms with van der Waals surface area (Å²) in [6.45, 7) is 9.13. The van der Waals surface area contributed by atoms with Crippen LogP contribution in [0.5, 0.6) is 0 Å². The molecule has 1 fully saturated rings. The number of ether oxygens (including phenoxy) is 1. The predicted molar refractivity (Wildman–Crippen MR) is 137 cm³/mol. The first kappa shape index (κ1) is 24.9. The van der Waals surface area contributed by atoms with E-state index in [0.29, 0.717) is 18.1 Å². The molecule has 180 valence electrons. The number of rotatable bonds is 5. The molecule has 0 amide bonds. The van der Waals surface area contributed by atoms with Gasteiger partial charge in [-0.1, -0.05) is 41.6 Å². The van der Waals surface area contributed by atoms with Gasteiger partial charge in [0.25, 0.3) is 10.0 Å². The molecule has 2 aromatic rings. The van der Waals surface area contributed by atoms with Crippen LogP contribution in [-0.4, -0.2) is 40.4 Å². The Bertz CT molecular complexity index is 1310. The second-order valence-corrected chi connectivity index (χ2v) is 11.2. The summed E-state index contributed by atoms with van der Waals surface area (Å²) in [6.07, 6.45) is 1.73. The van der Waals surface area contributed by atoms with Gasteiger partial charge in [-0.2, -0.15) is 12.8 Å². The third-order valence-corrected chi connectivity index (χ3v) is 8.72. The molecule has 0 spiro atoms. The van der Waals surface area contributed by atoms with E-state index in [9.17, 15) is 13.5 Å². The zero-order chi connectivity index (χ0) is 24.5. The highest BCUT2D eigenvalue weighted by molar-refractivity contribution is 8.07. The quantitative estimate of drug-likeness (QED) is 0.550. The zero-order valence-corrected chi connectivity index (χ0v) is 21.7. The van der Waals surface area contributed by atoms with Crippen molar-refractivity contribution in [3.63, 3.8) is 0 Å². The molecule has 34 heavy (non-hydrogen) atoms. The number of benzene rings is 2. The van der Waals surface area contributed by atoms with Crippen LogP contribution in [-0.2, 0) is 21.2 Å². The molecule has 0 radical (unpaired) electrons. The minimum atomic E-state index is -4.06. The number of nitrogens with zero attached hydrogens (tertiary/aromatic N) is 2. The average Bonchev–Trinajstić information content (AvgIpc) is 3.25. The van der Waals surface area contributed by atoms with E-state index in [1.807, 2.05) is 6.92 Å². The smallest absolute Gasteiger partial charge is 0.284 e. The predicted octanol–water partition coefficient (Wildman–Crippen LogP) is 4.31. The summed E-state index contributed by atoms with van der Waals surface area (Å²) in [5.74, 6) is -0.161. The fourth-order valence-electron chi connectivity index (χ4n) is 4.42. The molecule has 2 aromatic carbocycles. The van der Waals surface area contributed by atoms with Gasteiger partial charge in [0.05, 0.1) is 23.9 Å². The van der Waals surface area contributed by atoms with Crippen molar-refractivity contribution in [2.45, 2.75) is 32.1 Å². The summed E-state index contributed by atoms with van der Waals surface area (Å²) < 4.78 is 35.1. The van der Waals surface area contributed by atoms with Crippen LogP contribution in [0, 0.1) is 20.8 Å². The molecular weight excluding hydrogens is 492 g/mol. The van der Waals surface area contributed by atoms with Crippen LogP contribution in [0.1, 0.15) is 22.3 Å². The number of allylic oxidation sites excluding steroid dienone is 3. The van der Waals surface area contributed by atoms with Crippen molar-refractivity contribution >= 4 is 44.8 Å². The SMILES string of the molecule is Cc1cc(C)c(N2CCOCC2)c(C)c1C/C([O-])=C1/SC=C/C1=N\S(=O)(=O)c1ccccc1Cl. The van der Waals surface area contributed by atoms with E-state index in [1.54, 1.807) is 23.6 Å². The van der Waals surface area contributed by atoms with Gasteiger partial charge in [-0.05, 0) is 73.1 Å². The van der Waals surface area contributed by atoms with Gasteiger partial charge in [-0.3, -0.25) is 0 Å². The monoisotopic (exact) mass is 517 g/mol. The first-order valence-electron chi connectivity index (χ1n) is 10.9. The van der Waals surface area contributed by atoms with Gasteiger partial charge >= 0.3 is 0 Å². The number of morpholine rings is 1. The number of hydrogen-bond donors (Lipinski definition) is 0. The van der Waals surface area contributed by atoms with Gasteiger partial charge in [0.1, 0.15) is 4.90 Å². The van der Waals surface area contributed by atoms with Crippen molar-refractivity contribution in [3.05, 3.63) is 79.8 Å². The Balaban J connectivity index is 1.70. The van der Waals surface area contributed by atoms with Gasteiger partial charge in [0.15, 0.2) is 0 Å². The lowest BCUT2D eigenvalue weighted by molar-refractivity contribution is -0.305. The molecule has 0 bridgehead atoms. The van der Waals surface area contributed by atoms with E-state index < -0.39 is 10.0 Å². The minimum Gasteiger partial charge on any atom is -0.874 e. The summed E-state index contributed by atoms with van der Waals surface area (Å²) in [6, 6.07) is 8.25. The number of hydrogen-bond acceptors (Lipinski definition) is 6. The fourth-order valence-corrected chi connectivity index (χ4v) is 6.75. The second kappa shape index (κ2) is 10.2. The molecule has 0 unspecified atom stereocenters. The van der Waals surface area contributed by atoms with E-state index in [-0.39, 0.29) is 27.8 Å². The number of aryl methyl sites for hydroxylation is 2. The minimum absolute atomic E-state index is 0.0818. The summed E-state index contributed by atoms with van der Waals surface area (Å²) in [7, 11) is -4.06. The van der Waals surface area contributed by atoms with E-state index in [2.05, 4.69) is 29.2 Å². The van der Waals surface area contributed by atoms with Gasteiger partial charge in [0, 0.05) is 23.7 Å². The number of anilines is 1. The van der Waals surface area contributed by atoms with E-state index in [4.69, 9.17) is 16.3 Å². The van der Waals surface area contributed by atoms with Gasteiger partial charge in [-0.15, -0.1) is 5.76 Å². The van der Waals surface area contributed by atoms with Crippen molar-refractivity contribution in [2.75, 3.05) is 31.2 Å². The van der Waals surface area contributed by atoms with E-state index in [0.717, 1.165) is 35.5 Å². The van der Waals surface area contributed by atoms with Crippen molar-refractivity contribution in [1.29, 1.82) is 0 Å². The molecule has 2 aliphatic rings. The molecule has 0 aromatic heterocycles. The molecular formula is C25H26ClN2O4S2-. The van der Waals surface area contributed by atoms with Crippen LogP contribution in [0.25, 0.3) is 0 Å². The number of halogens is 1. The highest BCUT2D eigenvalue weighted by atomic mass is 35.5. The van der Waals surface area contributed by atoms with Gasteiger partial charge < -0.3 is 14.7 Å². The maximum absolute atomic E-state index is 13.4. The van der Waals surface area contributed by atoms with Crippen LogP contribution in [0.2, 0.25) is 5.02 Å². The number of thioether (sulfide) groups is 1. The Morgan fingerprint density at radius 1 is 1.18 bits per heavy atom. The molecule has 9 heteroatoms. The lowest BCUT2D eigenvalue weighted by Gasteiger charge is -2.33. The first-order valence-corrected chi connectivity index (χ1v) is 13.6. The lowest BCUT2D eigenvalue weighted by Crippen LogP contribution is -2.37. The molecule has 0 saturated carbocycles. The highest BCUT2D eigenvalue weighted by Crippen LogP contribution is 2.35. The third-order valence-electron chi connectivity index (χ3n) is 5.99. The lowest BCUT2D eigenvalue weighted by atomic mass is 9.93. The molecule has 0 N–H and O–H groups in total. The summed E-state index contributed by atoms with van der Waals surface area (Å²) >= 11 is 7.27. The van der Waals surface area contributed by atoms with Crippen LogP contribution < -0.4 is 10.0 Å². The van der Waals surface area contributed by atoms with Crippen molar-refractivity contribution in [3.8, 4) is 0 Å². The third kappa shape index (κ3) is 5.05. The zero-order valence-electron chi connectivity index (χ0n) is 19.3. The van der Waals surface area contributed by atoms with E-state index in [1.165, 1.54) is 29.5 Å². The topological polar surface area (TPSA) is 82.0 Å². The maximum atomic E-state index is 13.4. The summed E-state index contributed by atoms with van der Waals surface area (Å²) in [5, 5.41) is 15.1. The normalized spacial score (nSPS) is 19.2. The van der Waals surface area contributed by atoms with Crippen LogP contribution >= 0.6 is 23.4 Å². The number of sulfonamides is 1. The fraction of sp³-hybridized carbons (Fsp3) is 0.320. The first-order chi connectivity index (χ1) is 16.2. The molecule has 0 atom stereocenters. The van der Waals surface area contributed by atoms with Crippen molar-refractivity contribution in [2.24, 2.45) is 4.40 Å². The Morgan fingerprint density at radius 3 is 2.59 bits per heavy atom. The maximum Gasteiger partial charge on any atom is 0.284 e. The molecule has 2 heterocycles. The summed E-state index contributed by atoms with van der Waals surface area (Å²) in [5.41, 5.74) is 5.54. The largest absolute Gasteiger partial charge is 0.874 e. The average molecular weight is 518 g/mol. The Morgan fingerprint density at radius 2 is 1.88 bits per heavy atom. The second-order valence-electron chi connectivity index (χ2n) is 8.29. The van der Waals surface area contributed by atoms with Gasteiger partial charge in [0.2, 0.25) is 0 Å². The standard InChI is InChI=1S/C25H27ClN2O4S2/c1-16-14-17(2)24(28-9-11-32-12-10-28)18(3)19(16)15-22(29)25-21(8-13-33-25)27-34(30,31)23-7-5-4-6-20(23)26/h4-8,13-14,29H,9-12,15H2,1-3H3/p-1/b25-22-,27-21+. The van der Waals surface area contributed by atoms with Crippen LogP contribution in [0.3, 0.4) is 0 Å². The van der Waals surface area contributed by atoms with E-state index >= 15 is 0 Å². The molecule has 1 saturated heterocycles. The molecule has 0 aliphatic carbocycles. The Labute approximate surface area is 210 Å². The van der Waals surface area contributed by atoms with Gasteiger partial charge in [-0.25, -0.2) is 0 Å². The molecule has 4 rings (SSSR count). The molecule has 2 aliphatic heterocycles. The summed E-state index contributed by atoms with van der Waals surface area (Å²) in [4.78, 5) is 2.55. The van der Waals surface area contributed by atoms with Crippen LogP contribution in [0.15, 0.2) is 61.8 Å². The highest BCUT2D eigenvalue weighted by Gasteiger charge is 2.22. The Kier molecular flexibility index (Phi) is 7.42.